The third-order valence-corrected chi connectivity index (χ3v) is 6.97. The molecule has 0 unspecified atom stereocenters. The Morgan fingerprint density at radius 2 is 1.83 bits per heavy atom. The van der Waals surface area contributed by atoms with E-state index in [0.29, 0.717) is 16.5 Å². The summed E-state index contributed by atoms with van der Waals surface area (Å²) >= 11 is 3.05. The summed E-state index contributed by atoms with van der Waals surface area (Å²) in [6, 6.07) is 19.6. The van der Waals surface area contributed by atoms with E-state index in [9.17, 15) is 9.59 Å². The van der Waals surface area contributed by atoms with Gasteiger partial charge in [0.25, 0.3) is 5.91 Å². The Morgan fingerprint density at radius 3 is 2.52 bits per heavy atom. The minimum atomic E-state index is -0.106. The van der Waals surface area contributed by atoms with Gasteiger partial charge in [-0.1, -0.05) is 50.2 Å². The Morgan fingerprint density at radius 1 is 1.07 bits per heavy atom. The first kappa shape index (κ1) is 19.7. The van der Waals surface area contributed by atoms with E-state index < -0.39 is 0 Å². The van der Waals surface area contributed by atoms with Gasteiger partial charge in [-0.3, -0.25) is 14.5 Å². The van der Waals surface area contributed by atoms with Gasteiger partial charge in [-0.05, 0) is 46.7 Å². The topological polar surface area (TPSA) is 49.4 Å². The van der Waals surface area contributed by atoms with Crippen LogP contribution in [0.2, 0.25) is 0 Å². The largest absolute Gasteiger partial charge is 0.321 e. The molecule has 0 bridgehead atoms. The summed E-state index contributed by atoms with van der Waals surface area (Å²) in [7, 11) is 0. The number of thiophene rings is 1. The van der Waals surface area contributed by atoms with Crippen LogP contribution in [0.5, 0.6) is 0 Å². The van der Waals surface area contributed by atoms with Crippen molar-refractivity contribution in [3.8, 4) is 0 Å². The summed E-state index contributed by atoms with van der Waals surface area (Å²) in [6.45, 7) is 4.29. The number of nitrogens with one attached hydrogen (secondary N) is 1. The molecule has 148 valence electrons. The molecule has 1 fully saturated rings. The van der Waals surface area contributed by atoms with Crippen LogP contribution < -0.4 is 10.2 Å². The first-order valence-corrected chi connectivity index (χ1v) is 11.4. The van der Waals surface area contributed by atoms with E-state index in [0.717, 1.165) is 16.9 Å². The lowest BCUT2D eigenvalue weighted by atomic mass is 10.00. The Bertz CT molecular complexity index is 1010. The maximum absolute atomic E-state index is 12.7. The number of carbonyl (C=O) groups excluding carboxylic acids is 2. The average Bonchev–Trinajstić information content (AvgIpc) is 3.38. The van der Waals surface area contributed by atoms with Crippen molar-refractivity contribution in [3.63, 3.8) is 0 Å². The fourth-order valence-corrected chi connectivity index (χ4v) is 5.25. The number of nitrogens with zero attached hydrogens (tertiary/aromatic N) is 1. The molecule has 4 rings (SSSR count). The van der Waals surface area contributed by atoms with Gasteiger partial charge in [0.05, 0.1) is 10.6 Å². The highest BCUT2D eigenvalue weighted by atomic mass is 32.2. The maximum atomic E-state index is 12.7. The third kappa shape index (κ3) is 4.09. The second-order valence-corrected chi connectivity index (χ2v) is 9.21. The van der Waals surface area contributed by atoms with Crippen molar-refractivity contribution < 1.29 is 9.59 Å². The van der Waals surface area contributed by atoms with Gasteiger partial charge in [0, 0.05) is 11.4 Å². The van der Waals surface area contributed by atoms with Gasteiger partial charge in [-0.25, -0.2) is 0 Å². The van der Waals surface area contributed by atoms with Gasteiger partial charge in [0.15, 0.2) is 0 Å². The van der Waals surface area contributed by atoms with Crippen molar-refractivity contribution in [2.24, 2.45) is 0 Å². The Balaban J connectivity index is 1.57. The lowest BCUT2D eigenvalue weighted by Gasteiger charge is -2.27. The molecular weight excluding hydrogens is 400 g/mol. The quantitative estimate of drug-likeness (QED) is 0.557. The van der Waals surface area contributed by atoms with Crippen molar-refractivity contribution >= 4 is 46.3 Å². The van der Waals surface area contributed by atoms with Crippen LogP contribution in [0.25, 0.3) is 0 Å². The molecule has 6 heteroatoms. The minimum absolute atomic E-state index is 0.0653. The number of rotatable bonds is 5. The normalized spacial score (nSPS) is 16.4. The van der Waals surface area contributed by atoms with Gasteiger partial charge >= 0.3 is 0 Å². The van der Waals surface area contributed by atoms with E-state index in [1.165, 1.54) is 16.9 Å². The lowest BCUT2D eigenvalue weighted by molar-refractivity contribution is -0.115. The number of carbonyl (C=O) groups is 2. The molecule has 3 aromatic rings. The summed E-state index contributed by atoms with van der Waals surface area (Å²) in [5, 5.41) is 4.74. The van der Waals surface area contributed by atoms with E-state index in [4.69, 9.17) is 0 Å². The fourth-order valence-electron chi connectivity index (χ4n) is 3.46. The molecule has 1 aliphatic rings. The molecule has 1 saturated heterocycles. The molecule has 2 aromatic carbocycles. The van der Waals surface area contributed by atoms with Crippen LogP contribution in [-0.2, 0) is 4.79 Å². The molecule has 1 aromatic heterocycles. The van der Waals surface area contributed by atoms with E-state index in [-0.39, 0.29) is 17.2 Å². The molecule has 1 atom stereocenters. The van der Waals surface area contributed by atoms with Crippen molar-refractivity contribution in [1.82, 2.24) is 0 Å². The van der Waals surface area contributed by atoms with Crippen molar-refractivity contribution in [3.05, 3.63) is 82.0 Å². The highest BCUT2D eigenvalue weighted by Gasteiger charge is 2.35. The molecule has 0 saturated carbocycles. The predicted molar refractivity (Wildman–Crippen MR) is 122 cm³/mol. The molecule has 2 heterocycles. The smallest absolute Gasteiger partial charge is 0.265 e. The van der Waals surface area contributed by atoms with Gasteiger partial charge in [-0.15, -0.1) is 23.1 Å². The van der Waals surface area contributed by atoms with Crippen molar-refractivity contribution in [2.45, 2.75) is 25.1 Å². The zero-order valence-corrected chi connectivity index (χ0v) is 17.9. The van der Waals surface area contributed by atoms with Gasteiger partial charge < -0.3 is 5.32 Å². The van der Waals surface area contributed by atoms with Crippen LogP contribution in [-0.4, -0.2) is 17.6 Å². The fraction of sp³-hybridized carbons (Fsp3) is 0.217. The highest BCUT2D eigenvalue weighted by molar-refractivity contribution is 8.00. The third-order valence-electron chi connectivity index (χ3n) is 4.88. The number of hydrogen-bond acceptors (Lipinski definition) is 4. The molecule has 1 N–H and O–H groups in total. The van der Waals surface area contributed by atoms with Gasteiger partial charge in [0.2, 0.25) is 5.91 Å². The summed E-state index contributed by atoms with van der Waals surface area (Å²) in [5.74, 6) is 0.822. The molecule has 0 spiro atoms. The number of thioether (sulfide) groups is 1. The highest BCUT2D eigenvalue weighted by Crippen LogP contribution is 2.44. The average molecular weight is 423 g/mol. The Labute approximate surface area is 178 Å². The van der Waals surface area contributed by atoms with Crippen LogP contribution in [0.3, 0.4) is 0 Å². The summed E-state index contributed by atoms with van der Waals surface area (Å²) in [5.41, 5.74) is 3.95. The van der Waals surface area contributed by atoms with Crippen molar-refractivity contribution in [2.75, 3.05) is 16.0 Å². The van der Waals surface area contributed by atoms with E-state index >= 15 is 0 Å². The number of amides is 2. The molecule has 1 aliphatic heterocycles. The molecule has 2 amide bonds. The van der Waals surface area contributed by atoms with Gasteiger partial charge in [-0.2, -0.15) is 0 Å². The van der Waals surface area contributed by atoms with Crippen molar-refractivity contribution in [1.29, 1.82) is 0 Å². The number of benzene rings is 2. The van der Waals surface area contributed by atoms with E-state index in [1.54, 1.807) is 17.8 Å². The first-order valence-electron chi connectivity index (χ1n) is 9.52. The lowest BCUT2D eigenvalue weighted by Crippen LogP contribution is -2.29. The molecule has 0 radical (unpaired) electrons. The molecule has 0 aliphatic carbocycles. The van der Waals surface area contributed by atoms with Crippen LogP contribution in [0.4, 0.5) is 11.4 Å². The minimum Gasteiger partial charge on any atom is -0.321 e. The Hall–Kier alpha value is -2.57. The summed E-state index contributed by atoms with van der Waals surface area (Å²) in [4.78, 5) is 27.6. The summed E-state index contributed by atoms with van der Waals surface area (Å²) in [6.07, 6.45) is 0. The number of para-hydroxylation sites is 1. The second kappa shape index (κ2) is 8.43. The first-order chi connectivity index (χ1) is 14.0. The standard InChI is InChI=1S/C23H22N2O2S2/c1-15(2)18-6-3-4-7-19(18)25-21(26)14-29-23(25)16-9-11-17(12-10-16)24-22(27)20-8-5-13-28-20/h3-13,15,23H,14H2,1-2H3,(H,24,27)/t23-/m1/s1. The summed E-state index contributed by atoms with van der Waals surface area (Å²) < 4.78 is 0. The second-order valence-electron chi connectivity index (χ2n) is 7.19. The van der Waals surface area contributed by atoms with Crippen LogP contribution in [0.1, 0.15) is 45.9 Å². The van der Waals surface area contributed by atoms with Crippen LogP contribution in [0.15, 0.2) is 66.0 Å². The van der Waals surface area contributed by atoms with Crippen LogP contribution in [0, 0.1) is 0 Å². The van der Waals surface area contributed by atoms with Crippen LogP contribution >= 0.6 is 23.1 Å². The number of hydrogen-bond donors (Lipinski definition) is 1. The Kier molecular flexibility index (Phi) is 5.74. The zero-order valence-electron chi connectivity index (χ0n) is 16.3. The predicted octanol–water partition coefficient (Wildman–Crippen LogP) is 5.90. The molecule has 4 nitrogen and oxygen atoms in total. The number of anilines is 2. The zero-order chi connectivity index (χ0) is 20.4. The molecular formula is C23H22N2O2S2. The van der Waals surface area contributed by atoms with E-state index in [1.807, 2.05) is 58.8 Å². The molecule has 29 heavy (non-hydrogen) atoms. The monoisotopic (exact) mass is 422 g/mol. The van der Waals surface area contributed by atoms with Gasteiger partial charge in [0.1, 0.15) is 5.37 Å². The SMILES string of the molecule is CC(C)c1ccccc1N1C(=O)CS[C@@H]1c1ccc(NC(=O)c2cccs2)cc1. The van der Waals surface area contributed by atoms with E-state index in [2.05, 4.69) is 25.2 Å². The maximum Gasteiger partial charge on any atom is 0.265 e.